The number of halogens is 4. The molecule has 0 atom stereocenters. The van der Waals surface area contributed by atoms with Crippen LogP contribution in [-0.4, -0.2) is 52.7 Å². The first kappa shape index (κ1) is 20.4. The Kier molecular flexibility index (Phi) is 5.31. The summed E-state index contributed by atoms with van der Waals surface area (Å²) < 4.78 is 43.9. The standard InChI is InChI=1S/C18H20ClF3N4O2/c1-17(2,3)28-16(27)26-8-6-25(7-9-26)15-14(19)23-13-10-11(18(20,21)22)4-5-12(13)24-15/h4-5,10H,6-9H2,1-3H3. The average Bonchev–Trinajstić information content (AvgIpc) is 2.58. The van der Waals surface area contributed by atoms with E-state index in [4.69, 9.17) is 16.3 Å². The van der Waals surface area contributed by atoms with Crippen LogP contribution < -0.4 is 4.90 Å². The van der Waals surface area contributed by atoms with Crippen molar-refractivity contribution in [3.05, 3.63) is 28.9 Å². The maximum absolute atomic E-state index is 12.9. The largest absolute Gasteiger partial charge is 0.444 e. The van der Waals surface area contributed by atoms with E-state index in [0.717, 1.165) is 12.1 Å². The number of alkyl halides is 3. The Morgan fingerprint density at radius 2 is 1.71 bits per heavy atom. The Hall–Kier alpha value is -2.29. The van der Waals surface area contributed by atoms with E-state index in [9.17, 15) is 18.0 Å². The van der Waals surface area contributed by atoms with Crippen LogP contribution in [0.5, 0.6) is 0 Å². The summed E-state index contributed by atoms with van der Waals surface area (Å²) in [5.74, 6) is 0.387. The van der Waals surface area contributed by atoms with Crippen LogP contribution in [0.25, 0.3) is 11.0 Å². The molecule has 0 saturated carbocycles. The Morgan fingerprint density at radius 3 is 2.29 bits per heavy atom. The summed E-state index contributed by atoms with van der Waals surface area (Å²) in [6, 6.07) is 3.18. The van der Waals surface area contributed by atoms with Gasteiger partial charge in [-0.05, 0) is 39.0 Å². The van der Waals surface area contributed by atoms with Crippen LogP contribution in [0.3, 0.4) is 0 Å². The number of fused-ring (bicyclic) bond motifs is 1. The number of aromatic nitrogens is 2. The lowest BCUT2D eigenvalue weighted by atomic mass is 10.2. The summed E-state index contributed by atoms with van der Waals surface area (Å²) in [5, 5.41) is 0.0255. The van der Waals surface area contributed by atoms with Crippen molar-refractivity contribution in [3.8, 4) is 0 Å². The van der Waals surface area contributed by atoms with Crippen molar-refractivity contribution >= 4 is 34.5 Å². The van der Waals surface area contributed by atoms with Gasteiger partial charge in [0.15, 0.2) is 11.0 Å². The molecular formula is C18H20ClF3N4O2. The molecule has 0 spiro atoms. The molecule has 1 aromatic carbocycles. The molecule has 28 heavy (non-hydrogen) atoms. The fourth-order valence-electron chi connectivity index (χ4n) is 2.83. The number of hydrogen-bond donors (Lipinski definition) is 0. The van der Waals surface area contributed by atoms with Gasteiger partial charge in [0.2, 0.25) is 0 Å². The highest BCUT2D eigenvalue weighted by atomic mass is 35.5. The van der Waals surface area contributed by atoms with Gasteiger partial charge in [0, 0.05) is 26.2 Å². The monoisotopic (exact) mass is 416 g/mol. The number of rotatable bonds is 1. The summed E-state index contributed by atoms with van der Waals surface area (Å²) in [7, 11) is 0. The summed E-state index contributed by atoms with van der Waals surface area (Å²) in [6.45, 7) is 7.15. The van der Waals surface area contributed by atoms with Gasteiger partial charge in [-0.3, -0.25) is 0 Å². The molecule has 1 saturated heterocycles. The third-order valence-electron chi connectivity index (χ3n) is 4.16. The SMILES string of the molecule is CC(C)(C)OC(=O)N1CCN(c2nc3ccc(C(F)(F)F)cc3nc2Cl)CC1. The van der Waals surface area contributed by atoms with E-state index in [1.807, 2.05) is 4.90 Å². The van der Waals surface area contributed by atoms with Crippen molar-refractivity contribution in [3.63, 3.8) is 0 Å². The lowest BCUT2D eigenvalue weighted by molar-refractivity contribution is -0.137. The Morgan fingerprint density at radius 1 is 1.07 bits per heavy atom. The van der Waals surface area contributed by atoms with Crippen molar-refractivity contribution in [2.45, 2.75) is 32.5 Å². The molecule has 10 heteroatoms. The number of hydrogen-bond acceptors (Lipinski definition) is 5. The zero-order chi connectivity index (χ0) is 20.7. The molecule has 2 heterocycles. The number of carbonyl (C=O) groups is 1. The van der Waals surface area contributed by atoms with Gasteiger partial charge in [-0.1, -0.05) is 11.6 Å². The average molecular weight is 417 g/mol. The van der Waals surface area contributed by atoms with Crippen LogP contribution in [0.4, 0.5) is 23.8 Å². The molecule has 0 aliphatic carbocycles. The molecule has 1 aliphatic rings. The minimum absolute atomic E-state index is 0.0255. The normalized spacial score (nSPS) is 15.8. The van der Waals surface area contributed by atoms with E-state index < -0.39 is 17.3 Å². The van der Waals surface area contributed by atoms with Gasteiger partial charge in [-0.25, -0.2) is 14.8 Å². The van der Waals surface area contributed by atoms with Gasteiger partial charge in [0.25, 0.3) is 0 Å². The van der Waals surface area contributed by atoms with Crippen LogP contribution in [0, 0.1) is 0 Å². The van der Waals surface area contributed by atoms with Crippen LogP contribution in [0.15, 0.2) is 18.2 Å². The third-order valence-corrected chi connectivity index (χ3v) is 4.42. The van der Waals surface area contributed by atoms with Gasteiger partial charge < -0.3 is 14.5 Å². The maximum Gasteiger partial charge on any atom is 0.416 e. The quantitative estimate of drug-likeness (QED) is 0.691. The van der Waals surface area contributed by atoms with Crippen molar-refractivity contribution in [2.24, 2.45) is 0 Å². The zero-order valence-electron chi connectivity index (χ0n) is 15.7. The number of amides is 1. The molecule has 6 nitrogen and oxygen atoms in total. The van der Waals surface area contributed by atoms with E-state index in [-0.39, 0.29) is 16.8 Å². The Labute approximate surface area is 165 Å². The van der Waals surface area contributed by atoms with Crippen molar-refractivity contribution in [2.75, 3.05) is 31.1 Å². The van der Waals surface area contributed by atoms with E-state index in [1.165, 1.54) is 6.07 Å². The molecule has 3 rings (SSSR count). The number of benzene rings is 1. The fraction of sp³-hybridized carbons (Fsp3) is 0.500. The smallest absolute Gasteiger partial charge is 0.416 e. The van der Waals surface area contributed by atoms with E-state index >= 15 is 0 Å². The molecule has 2 aromatic rings. The predicted octanol–water partition coefficient (Wildman–Crippen LogP) is 4.36. The summed E-state index contributed by atoms with van der Waals surface area (Å²) >= 11 is 6.19. The van der Waals surface area contributed by atoms with Gasteiger partial charge in [0.05, 0.1) is 16.6 Å². The highest BCUT2D eigenvalue weighted by Gasteiger charge is 2.31. The van der Waals surface area contributed by atoms with Gasteiger partial charge >= 0.3 is 12.3 Å². The summed E-state index contributed by atoms with van der Waals surface area (Å²) in [4.78, 5) is 24.1. The maximum atomic E-state index is 12.9. The van der Waals surface area contributed by atoms with Crippen molar-refractivity contribution in [1.29, 1.82) is 0 Å². The van der Waals surface area contributed by atoms with Crippen molar-refractivity contribution < 1.29 is 22.7 Å². The van der Waals surface area contributed by atoms with Crippen LogP contribution in [0.1, 0.15) is 26.3 Å². The van der Waals surface area contributed by atoms with E-state index in [2.05, 4.69) is 9.97 Å². The molecule has 152 valence electrons. The van der Waals surface area contributed by atoms with E-state index in [1.54, 1.807) is 25.7 Å². The predicted molar refractivity (Wildman–Crippen MR) is 99.6 cm³/mol. The molecule has 0 N–H and O–H groups in total. The topological polar surface area (TPSA) is 58.6 Å². The highest BCUT2D eigenvalue weighted by Crippen LogP contribution is 2.32. The lowest BCUT2D eigenvalue weighted by Crippen LogP contribution is -2.50. The second kappa shape index (κ2) is 7.27. The third kappa shape index (κ3) is 4.57. The number of ether oxygens (including phenoxy) is 1. The summed E-state index contributed by atoms with van der Waals surface area (Å²) in [5.41, 5.74) is -0.974. The van der Waals surface area contributed by atoms with Crippen molar-refractivity contribution in [1.82, 2.24) is 14.9 Å². The van der Waals surface area contributed by atoms with E-state index in [0.29, 0.717) is 37.5 Å². The highest BCUT2D eigenvalue weighted by molar-refractivity contribution is 6.32. The van der Waals surface area contributed by atoms with Gasteiger partial charge in [-0.2, -0.15) is 13.2 Å². The van der Waals surface area contributed by atoms with Gasteiger partial charge in [0.1, 0.15) is 5.60 Å². The Bertz CT molecular complexity index is 891. The minimum Gasteiger partial charge on any atom is -0.444 e. The first-order chi connectivity index (χ1) is 12.9. The Balaban J connectivity index is 1.76. The van der Waals surface area contributed by atoms with Gasteiger partial charge in [-0.15, -0.1) is 0 Å². The molecule has 0 unspecified atom stereocenters. The molecule has 0 bridgehead atoms. The number of anilines is 1. The molecule has 1 aromatic heterocycles. The summed E-state index contributed by atoms with van der Waals surface area (Å²) in [6.07, 6.45) is -4.85. The van der Waals surface area contributed by atoms with Crippen LogP contribution >= 0.6 is 11.6 Å². The molecule has 1 fully saturated rings. The molecular weight excluding hydrogens is 397 g/mol. The zero-order valence-corrected chi connectivity index (χ0v) is 16.4. The number of carbonyl (C=O) groups excluding carboxylic acids is 1. The second-order valence-corrected chi connectivity index (χ2v) is 7.85. The molecule has 1 aliphatic heterocycles. The lowest BCUT2D eigenvalue weighted by Gasteiger charge is -2.36. The van der Waals surface area contributed by atoms with Crippen LogP contribution in [-0.2, 0) is 10.9 Å². The number of nitrogens with zero attached hydrogens (tertiary/aromatic N) is 4. The minimum atomic E-state index is -4.46. The first-order valence-corrected chi connectivity index (χ1v) is 9.09. The molecule has 0 radical (unpaired) electrons. The number of piperazine rings is 1. The molecule has 1 amide bonds. The first-order valence-electron chi connectivity index (χ1n) is 8.71. The van der Waals surface area contributed by atoms with Crippen LogP contribution in [0.2, 0.25) is 5.15 Å². The second-order valence-electron chi connectivity index (χ2n) is 7.49. The fourth-order valence-corrected chi connectivity index (χ4v) is 3.08.